The number of ether oxygens (including phenoxy) is 1. The smallest absolute Gasteiger partial charge is 0.322 e. The molecule has 0 saturated carbocycles. The number of fused-ring (bicyclic) bond motifs is 1. The van der Waals surface area contributed by atoms with Crippen LogP contribution in [0.5, 0.6) is 0 Å². The van der Waals surface area contributed by atoms with Crippen molar-refractivity contribution in [3.63, 3.8) is 0 Å². The van der Waals surface area contributed by atoms with E-state index in [0.717, 1.165) is 34.9 Å². The summed E-state index contributed by atoms with van der Waals surface area (Å²) in [5.74, 6) is 0. The minimum Gasteiger partial charge on any atom is -0.376 e. The molecule has 31 heavy (non-hydrogen) atoms. The first kappa shape index (κ1) is 21.4. The van der Waals surface area contributed by atoms with Crippen molar-refractivity contribution >= 4 is 34.2 Å². The highest BCUT2D eigenvalue weighted by atomic mass is 35.5. The Bertz CT molecular complexity index is 1170. The Labute approximate surface area is 186 Å². The van der Waals surface area contributed by atoms with Gasteiger partial charge < -0.3 is 19.9 Å². The number of halogens is 1. The summed E-state index contributed by atoms with van der Waals surface area (Å²) >= 11 is 6.04. The van der Waals surface area contributed by atoms with E-state index in [4.69, 9.17) is 16.3 Å². The Kier molecular flexibility index (Phi) is 6.30. The monoisotopic (exact) mass is 439 g/mol. The summed E-state index contributed by atoms with van der Waals surface area (Å²) in [7, 11) is 0. The Morgan fingerprint density at radius 1 is 1.23 bits per heavy atom. The minimum atomic E-state index is -0.294. The van der Waals surface area contributed by atoms with Crippen molar-refractivity contribution in [1.29, 1.82) is 0 Å². The van der Waals surface area contributed by atoms with Crippen LogP contribution in [0.2, 0.25) is 5.02 Å². The van der Waals surface area contributed by atoms with Crippen molar-refractivity contribution in [2.24, 2.45) is 0 Å². The molecule has 162 valence electrons. The molecule has 2 N–H and O–H groups in total. The molecule has 0 aliphatic carbocycles. The summed E-state index contributed by atoms with van der Waals surface area (Å²) in [5, 5.41) is 4.38. The SMILES string of the molecule is Cc1cc2cc(CN(C[C@@H]3CCCO3)C(=O)Nc3cccc(Cl)c3)c(=O)[nH]c2cc1C. The molecular weight excluding hydrogens is 414 g/mol. The Morgan fingerprint density at radius 3 is 2.77 bits per heavy atom. The number of anilines is 1. The van der Waals surface area contributed by atoms with Crippen LogP contribution in [0.4, 0.5) is 10.5 Å². The van der Waals surface area contributed by atoms with Gasteiger partial charge in [0.2, 0.25) is 0 Å². The predicted molar refractivity (Wildman–Crippen MR) is 124 cm³/mol. The molecule has 1 aliphatic heterocycles. The number of carbonyl (C=O) groups excluding carboxylic acids is 1. The number of hydrogen-bond acceptors (Lipinski definition) is 3. The third-order valence-corrected chi connectivity index (χ3v) is 5.94. The number of nitrogens with zero attached hydrogens (tertiary/aromatic N) is 1. The molecule has 7 heteroatoms. The molecule has 4 rings (SSSR count). The molecule has 1 saturated heterocycles. The van der Waals surface area contributed by atoms with E-state index >= 15 is 0 Å². The summed E-state index contributed by atoms with van der Waals surface area (Å²) in [6, 6.07) is 12.6. The lowest BCUT2D eigenvalue weighted by atomic mass is 10.0. The first-order chi connectivity index (χ1) is 14.9. The Hall–Kier alpha value is -2.83. The van der Waals surface area contributed by atoms with E-state index in [1.54, 1.807) is 29.2 Å². The van der Waals surface area contributed by atoms with Gasteiger partial charge in [0.1, 0.15) is 0 Å². The molecule has 1 aliphatic rings. The van der Waals surface area contributed by atoms with Gasteiger partial charge in [0.15, 0.2) is 0 Å². The molecular formula is C24H26ClN3O3. The van der Waals surface area contributed by atoms with Gasteiger partial charge in [-0.05, 0) is 79.6 Å². The second-order valence-corrected chi connectivity index (χ2v) is 8.54. The number of rotatable bonds is 5. The third kappa shape index (κ3) is 5.09. The fraction of sp³-hybridized carbons (Fsp3) is 0.333. The van der Waals surface area contributed by atoms with Crippen LogP contribution < -0.4 is 10.9 Å². The fourth-order valence-electron chi connectivity index (χ4n) is 3.87. The van der Waals surface area contributed by atoms with E-state index < -0.39 is 0 Å². The number of amides is 2. The predicted octanol–water partition coefficient (Wildman–Crippen LogP) is 5.01. The number of aromatic amines is 1. The first-order valence-electron chi connectivity index (χ1n) is 10.5. The highest BCUT2D eigenvalue weighted by Crippen LogP contribution is 2.20. The molecule has 0 radical (unpaired) electrons. The van der Waals surface area contributed by atoms with Gasteiger partial charge in [0.05, 0.1) is 12.6 Å². The van der Waals surface area contributed by atoms with Crippen molar-refractivity contribution in [1.82, 2.24) is 9.88 Å². The van der Waals surface area contributed by atoms with E-state index in [0.29, 0.717) is 29.4 Å². The summed E-state index contributed by atoms with van der Waals surface area (Å²) in [4.78, 5) is 30.5. The molecule has 0 spiro atoms. The minimum absolute atomic E-state index is 0.0328. The van der Waals surface area contributed by atoms with Crippen molar-refractivity contribution in [2.45, 2.75) is 39.3 Å². The van der Waals surface area contributed by atoms with Crippen LogP contribution >= 0.6 is 11.6 Å². The van der Waals surface area contributed by atoms with Crippen LogP contribution in [0.25, 0.3) is 10.9 Å². The Balaban J connectivity index is 1.62. The topological polar surface area (TPSA) is 74.4 Å². The molecule has 1 fully saturated rings. The number of carbonyl (C=O) groups is 1. The number of nitrogens with one attached hydrogen (secondary N) is 2. The average molecular weight is 440 g/mol. The van der Waals surface area contributed by atoms with Crippen LogP contribution in [0, 0.1) is 13.8 Å². The van der Waals surface area contributed by atoms with Gasteiger partial charge in [-0.2, -0.15) is 0 Å². The number of aryl methyl sites for hydroxylation is 2. The number of aromatic nitrogens is 1. The summed E-state index contributed by atoms with van der Waals surface area (Å²) in [5.41, 5.74) is 4.02. The van der Waals surface area contributed by atoms with Crippen molar-refractivity contribution in [2.75, 3.05) is 18.5 Å². The number of pyridine rings is 1. The quantitative estimate of drug-likeness (QED) is 0.586. The summed E-state index contributed by atoms with van der Waals surface area (Å²) in [6.45, 7) is 5.36. The van der Waals surface area contributed by atoms with Gasteiger partial charge in [-0.1, -0.05) is 17.7 Å². The van der Waals surface area contributed by atoms with Crippen molar-refractivity contribution in [3.8, 4) is 0 Å². The average Bonchev–Trinajstić information content (AvgIpc) is 3.23. The number of benzene rings is 2. The fourth-order valence-corrected chi connectivity index (χ4v) is 4.06. The zero-order valence-corrected chi connectivity index (χ0v) is 18.5. The molecule has 1 aromatic heterocycles. The van der Waals surface area contributed by atoms with Gasteiger partial charge in [0.25, 0.3) is 5.56 Å². The molecule has 3 aromatic rings. The van der Waals surface area contributed by atoms with Gasteiger partial charge in [0, 0.05) is 34.9 Å². The number of urea groups is 1. The number of hydrogen-bond donors (Lipinski definition) is 2. The third-order valence-electron chi connectivity index (χ3n) is 5.71. The van der Waals surface area contributed by atoms with Crippen molar-refractivity contribution in [3.05, 3.63) is 74.5 Å². The maximum Gasteiger partial charge on any atom is 0.322 e. The van der Waals surface area contributed by atoms with Crippen molar-refractivity contribution < 1.29 is 9.53 Å². The van der Waals surface area contributed by atoms with E-state index in [-0.39, 0.29) is 24.2 Å². The molecule has 2 aromatic carbocycles. The van der Waals surface area contributed by atoms with Gasteiger partial charge >= 0.3 is 6.03 Å². The highest BCUT2D eigenvalue weighted by Gasteiger charge is 2.24. The largest absolute Gasteiger partial charge is 0.376 e. The lowest BCUT2D eigenvalue weighted by Gasteiger charge is -2.26. The molecule has 0 unspecified atom stereocenters. The maximum absolute atomic E-state index is 13.1. The zero-order valence-electron chi connectivity index (χ0n) is 17.7. The lowest BCUT2D eigenvalue weighted by Crippen LogP contribution is -2.40. The first-order valence-corrected chi connectivity index (χ1v) is 10.8. The van der Waals surface area contributed by atoms with Crippen LogP contribution in [0.3, 0.4) is 0 Å². The highest BCUT2D eigenvalue weighted by molar-refractivity contribution is 6.30. The van der Waals surface area contributed by atoms with E-state index in [9.17, 15) is 9.59 Å². The second-order valence-electron chi connectivity index (χ2n) is 8.10. The summed E-state index contributed by atoms with van der Waals surface area (Å²) in [6.07, 6.45) is 1.84. The lowest BCUT2D eigenvalue weighted by molar-refractivity contribution is 0.0818. The second kappa shape index (κ2) is 9.12. The molecule has 1 atom stereocenters. The van der Waals surface area contributed by atoms with Crippen LogP contribution in [0.1, 0.15) is 29.5 Å². The molecule has 0 bridgehead atoms. The van der Waals surface area contributed by atoms with Gasteiger partial charge in [-0.3, -0.25) is 4.79 Å². The molecule has 2 heterocycles. The normalized spacial score (nSPS) is 15.9. The van der Waals surface area contributed by atoms with Gasteiger partial charge in [-0.15, -0.1) is 0 Å². The van der Waals surface area contributed by atoms with Crippen LogP contribution in [0.15, 0.2) is 47.3 Å². The van der Waals surface area contributed by atoms with E-state index in [1.807, 2.05) is 26.0 Å². The van der Waals surface area contributed by atoms with Crippen LogP contribution in [-0.4, -0.2) is 35.2 Å². The Morgan fingerprint density at radius 2 is 2.03 bits per heavy atom. The zero-order chi connectivity index (χ0) is 22.0. The molecule has 2 amide bonds. The summed E-state index contributed by atoms with van der Waals surface area (Å²) < 4.78 is 5.74. The standard InChI is InChI=1S/C24H26ClN3O3/c1-15-9-17-11-18(23(29)27-22(17)10-16(15)2)13-28(14-21-7-4-8-31-21)24(30)26-20-6-3-5-19(25)12-20/h3,5-6,9-12,21H,4,7-8,13-14H2,1-2H3,(H,26,30)(H,27,29)/t21-/m0/s1. The maximum atomic E-state index is 13.1. The van der Waals surface area contributed by atoms with Crippen LogP contribution in [-0.2, 0) is 11.3 Å². The van der Waals surface area contributed by atoms with Gasteiger partial charge in [-0.25, -0.2) is 4.79 Å². The number of H-pyrrole nitrogens is 1. The molecule has 6 nitrogen and oxygen atoms in total. The van der Waals surface area contributed by atoms with E-state index in [2.05, 4.69) is 16.4 Å². The van der Waals surface area contributed by atoms with E-state index in [1.165, 1.54) is 0 Å².